The molecule has 1 aromatic rings. The fourth-order valence-corrected chi connectivity index (χ4v) is 2.99. The number of benzene rings is 1. The number of imide groups is 1. The van der Waals surface area contributed by atoms with Crippen LogP contribution in [0.5, 0.6) is 11.5 Å². The van der Waals surface area contributed by atoms with E-state index in [9.17, 15) is 14.4 Å². The summed E-state index contributed by atoms with van der Waals surface area (Å²) in [4.78, 5) is 36.8. The summed E-state index contributed by atoms with van der Waals surface area (Å²) in [5.74, 6) is -0.357. The Labute approximate surface area is 160 Å². The second-order valence-electron chi connectivity index (χ2n) is 6.12. The number of hydrogen-bond donors (Lipinski definition) is 1. The zero-order chi connectivity index (χ0) is 19.6. The summed E-state index contributed by atoms with van der Waals surface area (Å²) in [6.07, 6.45) is 1.44. The molecule has 1 aromatic carbocycles. The van der Waals surface area contributed by atoms with Gasteiger partial charge in [-0.2, -0.15) is 0 Å². The summed E-state index contributed by atoms with van der Waals surface area (Å²) >= 11 is 3.49. The van der Waals surface area contributed by atoms with Crippen LogP contribution in [0, 0.1) is 6.92 Å². The van der Waals surface area contributed by atoms with Crippen molar-refractivity contribution in [2.75, 3.05) is 13.7 Å². The first-order chi connectivity index (χ1) is 12.1. The molecule has 0 aliphatic carbocycles. The number of carbonyl (C=O) groups excluding carboxylic acids is 3. The highest BCUT2D eigenvalue weighted by atomic mass is 79.9. The molecule has 0 spiro atoms. The Morgan fingerprint density at radius 2 is 2.04 bits per heavy atom. The van der Waals surface area contributed by atoms with Gasteiger partial charge in [-0.15, -0.1) is 0 Å². The van der Waals surface area contributed by atoms with Crippen molar-refractivity contribution in [3.05, 3.63) is 27.4 Å². The van der Waals surface area contributed by atoms with Crippen LogP contribution < -0.4 is 14.8 Å². The van der Waals surface area contributed by atoms with Crippen molar-refractivity contribution >= 4 is 39.7 Å². The molecule has 140 valence electrons. The third-order valence-corrected chi connectivity index (χ3v) is 4.78. The van der Waals surface area contributed by atoms with Crippen LogP contribution in [0.3, 0.4) is 0 Å². The SMILES string of the molecule is COc1c(OC(C)C)cc(/C=C2\NC(=O)CN(C(C)=O)C2=O)c(Br)c1C. The van der Waals surface area contributed by atoms with Gasteiger partial charge in [0.2, 0.25) is 11.8 Å². The van der Waals surface area contributed by atoms with Crippen LogP contribution in [0.4, 0.5) is 0 Å². The lowest BCUT2D eigenvalue weighted by Gasteiger charge is -2.26. The van der Waals surface area contributed by atoms with Gasteiger partial charge in [0, 0.05) is 17.0 Å². The highest BCUT2D eigenvalue weighted by Gasteiger charge is 2.31. The van der Waals surface area contributed by atoms with Crippen molar-refractivity contribution in [1.82, 2.24) is 10.2 Å². The van der Waals surface area contributed by atoms with Crippen LogP contribution in [0.1, 0.15) is 31.9 Å². The molecule has 0 aromatic heterocycles. The summed E-state index contributed by atoms with van der Waals surface area (Å²) in [5.41, 5.74) is 1.43. The lowest BCUT2D eigenvalue weighted by atomic mass is 10.1. The standard InChI is InChI=1S/C18H21BrN2O5/c1-9(2)26-14-7-12(16(19)10(3)17(14)25-5)6-13-18(24)21(11(4)22)8-15(23)20-13/h6-7,9H,8H2,1-5H3,(H,20,23)/b13-6-. The molecule has 0 unspecified atom stereocenters. The van der Waals surface area contributed by atoms with Crippen molar-refractivity contribution in [3.8, 4) is 11.5 Å². The van der Waals surface area contributed by atoms with E-state index < -0.39 is 17.7 Å². The topological polar surface area (TPSA) is 84.9 Å². The van der Waals surface area contributed by atoms with Gasteiger partial charge in [-0.25, -0.2) is 0 Å². The van der Waals surface area contributed by atoms with Gasteiger partial charge in [-0.05, 0) is 54.4 Å². The minimum atomic E-state index is -0.552. The molecular formula is C18H21BrN2O5. The normalized spacial score (nSPS) is 16.1. The van der Waals surface area contributed by atoms with E-state index in [0.29, 0.717) is 21.5 Å². The number of nitrogens with zero attached hydrogens (tertiary/aromatic N) is 1. The summed E-state index contributed by atoms with van der Waals surface area (Å²) in [7, 11) is 1.55. The Balaban J connectivity index is 2.55. The van der Waals surface area contributed by atoms with Crippen LogP contribution >= 0.6 is 15.9 Å². The van der Waals surface area contributed by atoms with Gasteiger partial charge < -0.3 is 14.8 Å². The molecule has 26 heavy (non-hydrogen) atoms. The summed E-state index contributed by atoms with van der Waals surface area (Å²) < 4.78 is 11.9. The maximum atomic E-state index is 12.4. The molecule has 3 amide bonds. The Morgan fingerprint density at radius 1 is 1.38 bits per heavy atom. The van der Waals surface area contributed by atoms with Gasteiger partial charge in [-0.1, -0.05) is 0 Å². The number of hydrogen-bond acceptors (Lipinski definition) is 5. The van der Waals surface area contributed by atoms with E-state index in [2.05, 4.69) is 21.2 Å². The number of nitrogens with one attached hydrogen (secondary N) is 1. The second kappa shape index (κ2) is 7.90. The quantitative estimate of drug-likeness (QED) is 0.749. The first kappa shape index (κ1) is 20.0. The van der Waals surface area contributed by atoms with Crippen molar-refractivity contribution in [3.63, 3.8) is 0 Å². The number of methoxy groups -OCH3 is 1. The molecule has 1 fully saturated rings. The number of rotatable bonds is 4. The number of amides is 3. The van der Waals surface area contributed by atoms with E-state index >= 15 is 0 Å². The Kier molecular flexibility index (Phi) is 6.07. The van der Waals surface area contributed by atoms with Crippen LogP contribution in [0.25, 0.3) is 6.08 Å². The monoisotopic (exact) mass is 424 g/mol. The molecular weight excluding hydrogens is 404 g/mol. The maximum Gasteiger partial charge on any atom is 0.277 e. The molecule has 1 aliphatic rings. The lowest BCUT2D eigenvalue weighted by molar-refractivity contribution is -0.147. The molecule has 2 rings (SSSR count). The van der Waals surface area contributed by atoms with E-state index in [-0.39, 0.29) is 18.3 Å². The van der Waals surface area contributed by atoms with Crippen LogP contribution in [-0.2, 0) is 14.4 Å². The van der Waals surface area contributed by atoms with Gasteiger partial charge in [0.25, 0.3) is 5.91 Å². The van der Waals surface area contributed by atoms with Crippen molar-refractivity contribution in [2.45, 2.75) is 33.8 Å². The molecule has 0 bridgehead atoms. The summed E-state index contributed by atoms with van der Waals surface area (Å²) in [5, 5.41) is 2.52. The zero-order valence-corrected chi connectivity index (χ0v) is 16.9. The van der Waals surface area contributed by atoms with E-state index in [4.69, 9.17) is 9.47 Å². The fourth-order valence-electron chi connectivity index (χ4n) is 2.58. The average Bonchev–Trinajstić information content (AvgIpc) is 2.54. The van der Waals surface area contributed by atoms with Gasteiger partial charge in [0.1, 0.15) is 12.2 Å². The van der Waals surface area contributed by atoms with Crippen LogP contribution in [0.15, 0.2) is 16.2 Å². The van der Waals surface area contributed by atoms with Crippen molar-refractivity contribution < 1.29 is 23.9 Å². The fraction of sp³-hybridized carbons (Fsp3) is 0.389. The Bertz CT molecular complexity index is 801. The minimum absolute atomic E-state index is 0.0252. The number of ether oxygens (including phenoxy) is 2. The molecule has 8 heteroatoms. The minimum Gasteiger partial charge on any atom is -0.493 e. The molecule has 0 radical (unpaired) electrons. The van der Waals surface area contributed by atoms with Crippen molar-refractivity contribution in [2.24, 2.45) is 0 Å². The van der Waals surface area contributed by atoms with Crippen LogP contribution in [-0.4, -0.2) is 42.4 Å². The zero-order valence-electron chi connectivity index (χ0n) is 15.3. The first-order valence-corrected chi connectivity index (χ1v) is 8.82. The largest absolute Gasteiger partial charge is 0.493 e. The third kappa shape index (κ3) is 4.07. The molecule has 1 N–H and O–H groups in total. The smallest absolute Gasteiger partial charge is 0.277 e. The Hall–Kier alpha value is -2.35. The van der Waals surface area contributed by atoms with E-state index in [1.54, 1.807) is 13.2 Å². The lowest BCUT2D eigenvalue weighted by Crippen LogP contribution is -2.51. The summed E-state index contributed by atoms with van der Waals surface area (Å²) in [6, 6.07) is 1.72. The summed E-state index contributed by atoms with van der Waals surface area (Å²) in [6.45, 7) is 6.60. The van der Waals surface area contributed by atoms with Crippen LogP contribution in [0.2, 0.25) is 0 Å². The molecule has 0 atom stereocenters. The van der Waals surface area contributed by atoms with Gasteiger partial charge >= 0.3 is 0 Å². The van der Waals surface area contributed by atoms with Crippen molar-refractivity contribution in [1.29, 1.82) is 0 Å². The molecule has 1 heterocycles. The maximum absolute atomic E-state index is 12.4. The highest BCUT2D eigenvalue weighted by molar-refractivity contribution is 9.10. The third-order valence-electron chi connectivity index (χ3n) is 3.73. The van der Waals surface area contributed by atoms with E-state index in [1.165, 1.54) is 13.0 Å². The first-order valence-electron chi connectivity index (χ1n) is 8.03. The molecule has 1 saturated heterocycles. The van der Waals surface area contributed by atoms with Gasteiger partial charge in [-0.3, -0.25) is 19.3 Å². The van der Waals surface area contributed by atoms with E-state index in [1.807, 2.05) is 20.8 Å². The molecule has 7 nitrogen and oxygen atoms in total. The number of halogens is 1. The second-order valence-corrected chi connectivity index (χ2v) is 6.91. The predicted octanol–water partition coefficient (Wildman–Crippen LogP) is 2.40. The predicted molar refractivity (Wildman–Crippen MR) is 99.7 cm³/mol. The highest BCUT2D eigenvalue weighted by Crippen LogP contribution is 2.39. The van der Waals surface area contributed by atoms with E-state index in [0.717, 1.165) is 10.5 Å². The molecule has 1 aliphatic heterocycles. The van der Waals surface area contributed by atoms with Gasteiger partial charge in [0.15, 0.2) is 11.5 Å². The number of carbonyl (C=O) groups is 3. The van der Waals surface area contributed by atoms with Gasteiger partial charge in [0.05, 0.1) is 13.2 Å². The average molecular weight is 425 g/mol. The number of piperazine rings is 1. The Morgan fingerprint density at radius 3 is 2.58 bits per heavy atom. The molecule has 0 saturated carbocycles.